The Morgan fingerprint density at radius 2 is 2.25 bits per heavy atom. The number of fused-ring (bicyclic) bond motifs is 2. The van der Waals surface area contributed by atoms with Gasteiger partial charge >= 0.3 is 0 Å². The molecule has 0 aromatic carbocycles. The minimum absolute atomic E-state index is 0.169. The monoisotopic (exact) mass is 168 g/mol. The highest BCUT2D eigenvalue weighted by atomic mass is 16.3. The van der Waals surface area contributed by atoms with E-state index in [1.165, 1.54) is 0 Å². The van der Waals surface area contributed by atoms with Crippen molar-refractivity contribution in [3.8, 4) is 0 Å². The number of hydrogen-bond acceptors (Lipinski definition) is 2. The van der Waals surface area contributed by atoms with Crippen molar-refractivity contribution in [1.82, 2.24) is 0 Å². The summed E-state index contributed by atoms with van der Waals surface area (Å²) in [5.74, 6) is 1.51. The quantitative estimate of drug-likeness (QED) is 0.639. The van der Waals surface area contributed by atoms with Crippen molar-refractivity contribution in [2.24, 2.45) is 23.2 Å². The number of carbonyl (C=O) groups is 1. The van der Waals surface area contributed by atoms with Crippen LogP contribution in [0.4, 0.5) is 0 Å². The molecule has 3 aliphatic carbocycles. The Kier molecular flexibility index (Phi) is 1.59. The van der Waals surface area contributed by atoms with Gasteiger partial charge in [0.15, 0.2) is 0 Å². The van der Waals surface area contributed by atoms with Gasteiger partial charge in [0.1, 0.15) is 5.78 Å². The van der Waals surface area contributed by atoms with Crippen LogP contribution in [0.25, 0.3) is 0 Å². The van der Waals surface area contributed by atoms with Crippen LogP contribution in [0.1, 0.15) is 26.7 Å². The highest BCUT2D eigenvalue weighted by molar-refractivity contribution is 5.84. The van der Waals surface area contributed by atoms with E-state index < -0.39 is 0 Å². The van der Waals surface area contributed by atoms with Gasteiger partial charge in [-0.05, 0) is 23.7 Å². The zero-order valence-electron chi connectivity index (χ0n) is 7.71. The molecule has 0 saturated heterocycles. The van der Waals surface area contributed by atoms with Gasteiger partial charge in [-0.25, -0.2) is 0 Å². The van der Waals surface area contributed by atoms with E-state index in [0.717, 1.165) is 6.42 Å². The Labute approximate surface area is 73.0 Å². The SMILES string of the molecule is CC1(C)[C@@H]2C[C@H]1[C@H](CO)CC2=O. The summed E-state index contributed by atoms with van der Waals surface area (Å²) >= 11 is 0. The molecule has 12 heavy (non-hydrogen) atoms. The summed E-state index contributed by atoms with van der Waals surface area (Å²) in [6.45, 7) is 4.50. The van der Waals surface area contributed by atoms with Crippen LogP contribution in [0, 0.1) is 23.2 Å². The molecule has 3 fully saturated rings. The van der Waals surface area contributed by atoms with E-state index in [1.54, 1.807) is 0 Å². The van der Waals surface area contributed by atoms with Crippen molar-refractivity contribution in [1.29, 1.82) is 0 Å². The molecule has 3 saturated carbocycles. The van der Waals surface area contributed by atoms with Crippen LogP contribution < -0.4 is 0 Å². The number of rotatable bonds is 1. The molecule has 3 aliphatic rings. The van der Waals surface area contributed by atoms with Crippen LogP contribution in [-0.2, 0) is 4.79 Å². The first kappa shape index (κ1) is 8.24. The first-order valence-corrected chi connectivity index (χ1v) is 4.71. The Balaban J connectivity index is 2.21. The topological polar surface area (TPSA) is 37.3 Å². The summed E-state index contributed by atoms with van der Waals surface area (Å²) in [7, 11) is 0. The highest BCUT2D eigenvalue weighted by Crippen LogP contribution is 2.59. The second-order valence-corrected chi connectivity index (χ2v) is 4.83. The van der Waals surface area contributed by atoms with E-state index in [0.29, 0.717) is 24.0 Å². The van der Waals surface area contributed by atoms with Crippen molar-refractivity contribution in [3.63, 3.8) is 0 Å². The molecule has 68 valence electrons. The van der Waals surface area contributed by atoms with Gasteiger partial charge in [-0.15, -0.1) is 0 Å². The first-order chi connectivity index (χ1) is 5.57. The lowest BCUT2D eigenvalue weighted by Crippen LogP contribution is -2.57. The predicted molar refractivity (Wildman–Crippen MR) is 45.6 cm³/mol. The predicted octanol–water partition coefficient (Wildman–Crippen LogP) is 1.23. The Hall–Kier alpha value is -0.370. The smallest absolute Gasteiger partial charge is 0.136 e. The van der Waals surface area contributed by atoms with Gasteiger partial charge in [0.05, 0.1) is 0 Å². The van der Waals surface area contributed by atoms with E-state index >= 15 is 0 Å². The summed E-state index contributed by atoms with van der Waals surface area (Å²) in [4.78, 5) is 11.5. The Bertz CT molecular complexity index is 220. The van der Waals surface area contributed by atoms with Crippen LogP contribution in [0.5, 0.6) is 0 Å². The Morgan fingerprint density at radius 1 is 1.58 bits per heavy atom. The van der Waals surface area contributed by atoms with Crippen molar-refractivity contribution in [2.75, 3.05) is 6.61 Å². The third-order valence-electron chi connectivity index (χ3n) is 4.00. The standard InChI is InChI=1S/C10H16O2/c1-10(2)7-4-8(10)9(12)3-6(7)5-11/h6-8,11H,3-5H2,1-2H3/t6-,7-,8+/m0/s1. The molecule has 0 aliphatic heterocycles. The van der Waals surface area contributed by atoms with Crippen LogP contribution in [0.2, 0.25) is 0 Å². The zero-order valence-corrected chi connectivity index (χ0v) is 7.71. The third-order valence-corrected chi connectivity index (χ3v) is 4.00. The van der Waals surface area contributed by atoms with Gasteiger partial charge in [-0.1, -0.05) is 13.8 Å². The molecule has 0 aromatic heterocycles. The van der Waals surface area contributed by atoms with Crippen LogP contribution >= 0.6 is 0 Å². The minimum Gasteiger partial charge on any atom is -0.396 e. The molecule has 1 N–H and O–H groups in total. The fraction of sp³-hybridized carbons (Fsp3) is 0.900. The number of carbonyl (C=O) groups excluding carboxylic acids is 1. The van der Waals surface area contributed by atoms with Crippen molar-refractivity contribution < 1.29 is 9.90 Å². The first-order valence-electron chi connectivity index (χ1n) is 4.71. The van der Waals surface area contributed by atoms with Crippen LogP contribution in [0.15, 0.2) is 0 Å². The molecule has 0 aromatic rings. The number of ketones is 1. The maximum absolute atomic E-state index is 11.5. The van der Waals surface area contributed by atoms with Gasteiger partial charge in [0, 0.05) is 18.9 Å². The second kappa shape index (κ2) is 2.32. The van der Waals surface area contributed by atoms with E-state index in [-0.39, 0.29) is 17.9 Å². The second-order valence-electron chi connectivity index (χ2n) is 4.83. The summed E-state index contributed by atoms with van der Waals surface area (Å²) < 4.78 is 0. The molecule has 2 nitrogen and oxygen atoms in total. The number of aliphatic hydroxyl groups excluding tert-OH is 1. The van der Waals surface area contributed by atoms with E-state index in [2.05, 4.69) is 13.8 Å². The molecule has 3 atom stereocenters. The Morgan fingerprint density at radius 3 is 2.67 bits per heavy atom. The third kappa shape index (κ3) is 0.817. The fourth-order valence-corrected chi connectivity index (χ4v) is 3.04. The minimum atomic E-state index is 0.169. The lowest BCUT2D eigenvalue weighted by Gasteiger charge is -2.58. The zero-order chi connectivity index (χ0) is 8.93. The summed E-state index contributed by atoms with van der Waals surface area (Å²) in [5, 5.41) is 9.08. The van der Waals surface area contributed by atoms with Crippen molar-refractivity contribution in [3.05, 3.63) is 0 Å². The average Bonchev–Trinajstić information content (AvgIpc) is 2.02. The van der Waals surface area contributed by atoms with Gasteiger partial charge in [-0.2, -0.15) is 0 Å². The number of hydrogen-bond donors (Lipinski definition) is 1. The fourth-order valence-electron chi connectivity index (χ4n) is 3.04. The molecule has 0 spiro atoms. The lowest BCUT2D eigenvalue weighted by atomic mass is 9.45. The van der Waals surface area contributed by atoms with E-state index in [9.17, 15) is 4.79 Å². The number of Topliss-reactive ketones (excluding diaryl/α,β-unsaturated/α-hetero) is 1. The summed E-state index contributed by atoms with van der Waals surface area (Å²) in [5.41, 5.74) is 0.169. The highest BCUT2D eigenvalue weighted by Gasteiger charge is 2.57. The maximum atomic E-state index is 11.5. The van der Waals surface area contributed by atoms with Gasteiger partial charge in [-0.3, -0.25) is 4.79 Å². The van der Waals surface area contributed by atoms with E-state index in [4.69, 9.17) is 5.11 Å². The normalized spacial score (nSPS) is 43.9. The average molecular weight is 168 g/mol. The largest absolute Gasteiger partial charge is 0.396 e. The lowest BCUT2D eigenvalue weighted by molar-refractivity contribution is -0.160. The number of aliphatic hydroxyl groups is 1. The van der Waals surface area contributed by atoms with Crippen molar-refractivity contribution in [2.45, 2.75) is 26.7 Å². The maximum Gasteiger partial charge on any atom is 0.136 e. The molecule has 2 bridgehead atoms. The van der Waals surface area contributed by atoms with E-state index in [1.807, 2.05) is 0 Å². The molecule has 2 heteroatoms. The molecule has 0 amide bonds. The molecular formula is C10H16O2. The summed E-state index contributed by atoms with van der Waals surface area (Å²) in [6, 6.07) is 0. The molecule has 0 radical (unpaired) electrons. The van der Waals surface area contributed by atoms with Gasteiger partial charge < -0.3 is 5.11 Å². The van der Waals surface area contributed by atoms with Crippen molar-refractivity contribution >= 4 is 5.78 Å². The molecule has 0 heterocycles. The molecular weight excluding hydrogens is 152 g/mol. The van der Waals surface area contributed by atoms with Crippen LogP contribution in [-0.4, -0.2) is 17.5 Å². The summed E-state index contributed by atoms with van der Waals surface area (Å²) in [6.07, 6.45) is 1.65. The molecule has 3 rings (SSSR count). The van der Waals surface area contributed by atoms with Gasteiger partial charge in [0.2, 0.25) is 0 Å². The van der Waals surface area contributed by atoms with Crippen LogP contribution in [0.3, 0.4) is 0 Å². The van der Waals surface area contributed by atoms with Gasteiger partial charge in [0.25, 0.3) is 0 Å². The molecule has 0 unspecified atom stereocenters.